The number of hydrogen-bond donors (Lipinski definition) is 3. The number of carbonyl (C=O) groups excluding carboxylic acids is 1. The third-order valence-corrected chi connectivity index (χ3v) is 2.80. The van der Waals surface area contributed by atoms with Crippen molar-refractivity contribution in [3.8, 4) is 11.5 Å². The van der Waals surface area contributed by atoms with Crippen molar-refractivity contribution < 1.29 is 19.4 Å². The number of benzene rings is 1. The van der Waals surface area contributed by atoms with E-state index in [1.807, 2.05) is 13.8 Å². The lowest BCUT2D eigenvalue weighted by Crippen LogP contribution is -2.39. The number of ether oxygens (including phenoxy) is 2. The van der Waals surface area contributed by atoms with E-state index < -0.39 is 6.04 Å². The summed E-state index contributed by atoms with van der Waals surface area (Å²) >= 11 is 0. The molecule has 4 N–H and O–H groups in total. The van der Waals surface area contributed by atoms with E-state index in [0.29, 0.717) is 17.2 Å². The number of nitrogens with two attached hydrogens (primary N) is 1. The van der Waals surface area contributed by atoms with Gasteiger partial charge in [0, 0.05) is 11.8 Å². The summed E-state index contributed by atoms with van der Waals surface area (Å²) in [7, 11) is 1.52. The van der Waals surface area contributed by atoms with Gasteiger partial charge < -0.3 is 25.6 Å². The van der Waals surface area contributed by atoms with Crippen LogP contribution in [0, 0.1) is 5.92 Å². The van der Waals surface area contributed by atoms with Gasteiger partial charge in [0.15, 0.2) is 11.5 Å². The Bertz CT molecular complexity index is 449. The van der Waals surface area contributed by atoms with E-state index in [2.05, 4.69) is 5.32 Å². The molecule has 1 amide bonds. The van der Waals surface area contributed by atoms with Crippen molar-refractivity contribution >= 4 is 11.6 Å². The molecule has 0 fully saturated rings. The van der Waals surface area contributed by atoms with Gasteiger partial charge in [0.05, 0.1) is 19.8 Å². The van der Waals surface area contributed by atoms with Crippen LogP contribution in [-0.4, -0.2) is 37.4 Å². The van der Waals surface area contributed by atoms with Gasteiger partial charge in [-0.15, -0.1) is 0 Å². The quantitative estimate of drug-likeness (QED) is 0.693. The second-order valence-corrected chi connectivity index (χ2v) is 4.70. The molecule has 0 saturated carbocycles. The third kappa shape index (κ3) is 4.40. The van der Waals surface area contributed by atoms with Gasteiger partial charge in [0.1, 0.15) is 6.61 Å². The Hall–Kier alpha value is -1.79. The van der Waals surface area contributed by atoms with Crippen LogP contribution < -0.4 is 20.5 Å². The molecule has 1 aromatic rings. The Morgan fingerprint density at radius 1 is 1.40 bits per heavy atom. The molecule has 112 valence electrons. The standard InChI is InChI=1S/C14H22N2O4/c1-9(2)13(15)14(18)16-10-4-5-11(19-3)12(8-10)20-7-6-17/h4-5,8-9,13,17H,6-7,15H2,1-3H3,(H,16,18). The highest BCUT2D eigenvalue weighted by Crippen LogP contribution is 2.30. The molecule has 6 nitrogen and oxygen atoms in total. The first-order valence-corrected chi connectivity index (χ1v) is 6.47. The van der Waals surface area contributed by atoms with Crippen molar-refractivity contribution in [1.82, 2.24) is 0 Å². The number of methoxy groups -OCH3 is 1. The Morgan fingerprint density at radius 3 is 2.65 bits per heavy atom. The van der Waals surface area contributed by atoms with Gasteiger partial charge in [-0.3, -0.25) is 4.79 Å². The van der Waals surface area contributed by atoms with Crippen LogP contribution in [0.25, 0.3) is 0 Å². The van der Waals surface area contributed by atoms with E-state index in [4.69, 9.17) is 20.3 Å². The highest BCUT2D eigenvalue weighted by molar-refractivity contribution is 5.95. The summed E-state index contributed by atoms with van der Waals surface area (Å²) in [6.07, 6.45) is 0. The smallest absolute Gasteiger partial charge is 0.241 e. The van der Waals surface area contributed by atoms with Crippen LogP contribution in [0.4, 0.5) is 5.69 Å². The Labute approximate surface area is 118 Å². The number of aliphatic hydroxyl groups excluding tert-OH is 1. The molecular weight excluding hydrogens is 260 g/mol. The van der Waals surface area contributed by atoms with Crippen molar-refractivity contribution in [3.05, 3.63) is 18.2 Å². The summed E-state index contributed by atoms with van der Waals surface area (Å²) in [5, 5.41) is 11.5. The lowest BCUT2D eigenvalue weighted by atomic mass is 10.0. The predicted molar refractivity (Wildman–Crippen MR) is 77.0 cm³/mol. The maximum atomic E-state index is 11.9. The number of rotatable bonds is 7. The van der Waals surface area contributed by atoms with Crippen LogP contribution in [0.1, 0.15) is 13.8 Å². The molecular formula is C14H22N2O4. The number of carbonyl (C=O) groups is 1. The number of hydrogen-bond acceptors (Lipinski definition) is 5. The summed E-state index contributed by atoms with van der Waals surface area (Å²) in [5.41, 5.74) is 6.35. The van der Waals surface area contributed by atoms with Gasteiger partial charge in [0.2, 0.25) is 5.91 Å². The van der Waals surface area contributed by atoms with Crippen LogP contribution >= 0.6 is 0 Å². The fourth-order valence-corrected chi connectivity index (χ4v) is 1.55. The molecule has 0 radical (unpaired) electrons. The molecule has 0 aromatic heterocycles. The zero-order chi connectivity index (χ0) is 15.1. The van der Waals surface area contributed by atoms with Crippen LogP contribution in [0.3, 0.4) is 0 Å². The summed E-state index contributed by atoms with van der Waals surface area (Å²) in [5.74, 6) is 0.790. The van der Waals surface area contributed by atoms with Crippen molar-refractivity contribution in [1.29, 1.82) is 0 Å². The van der Waals surface area contributed by atoms with E-state index in [1.54, 1.807) is 18.2 Å². The van der Waals surface area contributed by atoms with Crippen LogP contribution in [0.2, 0.25) is 0 Å². The fraction of sp³-hybridized carbons (Fsp3) is 0.500. The Morgan fingerprint density at radius 2 is 2.10 bits per heavy atom. The zero-order valence-corrected chi connectivity index (χ0v) is 12.1. The molecule has 0 heterocycles. The van der Waals surface area contributed by atoms with Gasteiger partial charge in [-0.05, 0) is 18.1 Å². The van der Waals surface area contributed by atoms with Crippen molar-refractivity contribution in [3.63, 3.8) is 0 Å². The molecule has 0 spiro atoms. The number of anilines is 1. The summed E-state index contributed by atoms with van der Waals surface area (Å²) < 4.78 is 10.5. The van der Waals surface area contributed by atoms with Gasteiger partial charge in [-0.2, -0.15) is 0 Å². The van der Waals surface area contributed by atoms with Crippen LogP contribution in [-0.2, 0) is 4.79 Å². The van der Waals surface area contributed by atoms with Crippen molar-refractivity contribution in [2.75, 3.05) is 25.6 Å². The van der Waals surface area contributed by atoms with Gasteiger partial charge >= 0.3 is 0 Å². The largest absolute Gasteiger partial charge is 0.493 e. The lowest BCUT2D eigenvalue weighted by molar-refractivity contribution is -0.118. The van der Waals surface area contributed by atoms with E-state index in [9.17, 15) is 4.79 Å². The lowest BCUT2D eigenvalue weighted by Gasteiger charge is -2.16. The Kier molecular flexibility index (Phi) is 6.27. The SMILES string of the molecule is COc1ccc(NC(=O)C(N)C(C)C)cc1OCCO. The van der Waals surface area contributed by atoms with E-state index in [0.717, 1.165) is 0 Å². The average molecular weight is 282 g/mol. The number of amides is 1. The molecule has 0 aliphatic rings. The fourth-order valence-electron chi connectivity index (χ4n) is 1.55. The monoisotopic (exact) mass is 282 g/mol. The molecule has 0 aliphatic heterocycles. The molecule has 6 heteroatoms. The van der Waals surface area contributed by atoms with Crippen molar-refractivity contribution in [2.24, 2.45) is 11.7 Å². The molecule has 1 atom stereocenters. The summed E-state index contributed by atoms with van der Waals surface area (Å²) in [6.45, 7) is 3.82. The summed E-state index contributed by atoms with van der Waals surface area (Å²) in [4.78, 5) is 11.9. The summed E-state index contributed by atoms with van der Waals surface area (Å²) in [6, 6.07) is 4.46. The minimum atomic E-state index is -0.570. The second-order valence-electron chi connectivity index (χ2n) is 4.70. The molecule has 1 aromatic carbocycles. The van der Waals surface area contributed by atoms with Gasteiger partial charge in [0.25, 0.3) is 0 Å². The molecule has 0 saturated heterocycles. The first kappa shape index (κ1) is 16.3. The minimum Gasteiger partial charge on any atom is -0.493 e. The van der Waals surface area contributed by atoms with Crippen molar-refractivity contribution in [2.45, 2.75) is 19.9 Å². The van der Waals surface area contributed by atoms with Gasteiger partial charge in [-0.25, -0.2) is 0 Å². The molecule has 0 bridgehead atoms. The topological polar surface area (TPSA) is 93.8 Å². The second kappa shape index (κ2) is 7.72. The number of nitrogens with one attached hydrogen (secondary N) is 1. The number of aliphatic hydroxyl groups is 1. The predicted octanol–water partition coefficient (Wildman–Crippen LogP) is 0.988. The third-order valence-electron chi connectivity index (χ3n) is 2.80. The first-order chi connectivity index (χ1) is 9.49. The average Bonchev–Trinajstić information content (AvgIpc) is 2.44. The maximum absolute atomic E-state index is 11.9. The van der Waals surface area contributed by atoms with E-state index >= 15 is 0 Å². The Balaban J connectivity index is 2.83. The normalized spacial score (nSPS) is 12.1. The highest BCUT2D eigenvalue weighted by Gasteiger charge is 2.17. The first-order valence-electron chi connectivity index (χ1n) is 6.47. The molecule has 20 heavy (non-hydrogen) atoms. The molecule has 1 unspecified atom stereocenters. The van der Waals surface area contributed by atoms with E-state index in [-0.39, 0.29) is 25.0 Å². The maximum Gasteiger partial charge on any atom is 0.241 e. The van der Waals surface area contributed by atoms with Crippen LogP contribution in [0.15, 0.2) is 18.2 Å². The van der Waals surface area contributed by atoms with E-state index in [1.165, 1.54) is 7.11 Å². The minimum absolute atomic E-state index is 0.0540. The van der Waals surface area contributed by atoms with Gasteiger partial charge in [-0.1, -0.05) is 13.8 Å². The molecule has 0 aliphatic carbocycles. The highest BCUT2D eigenvalue weighted by atomic mass is 16.5. The zero-order valence-electron chi connectivity index (χ0n) is 12.1. The van der Waals surface area contributed by atoms with Crippen LogP contribution in [0.5, 0.6) is 11.5 Å². The molecule has 1 rings (SSSR count).